The van der Waals surface area contributed by atoms with Crippen molar-refractivity contribution in [1.29, 1.82) is 0 Å². The summed E-state index contributed by atoms with van der Waals surface area (Å²) in [5.74, 6) is -0.285. The third-order valence-electron chi connectivity index (χ3n) is 1.54. The van der Waals surface area contributed by atoms with Gasteiger partial charge in [0.1, 0.15) is 0 Å². The molecule has 0 radical (unpaired) electrons. The van der Waals surface area contributed by atoms with E-state index in [0.29, 0.717) is 6.42 Å². The van der Waals surface area contributed by atoms with Crippen molar-refractivity contribution in [3.8, 4) is 0 Å². The Kier molecular flexibility index (Phi) is 5.58. The maximum atomic E-state index is 10.5. The summed E-state index contributed by atoms with van der Waals surface area (Å²) in [7, 11) is 0. The number of amides is 1. The van der Waals surface area contributed by atoms with Crippen LogP contribution in [0.4, 0.5) is 0 Å². The predicted molar refractivity (Wildman–Crippen MR) is 58.4 cm³/mol. The molecule has 0 bridgehead atoms. The number of hydrogen-bond donors (Lipinski definition) is 1. The SMILES string of the molecule is CSc1ccc(CC(N)=O)cc1.Cl. The molecular formula is C9H12ClNOS. The Balaban J connectivity index is 0.00000144. The van der Waals surface area contributed by atoms with Gasteiger partial charge in [-0.05, 0) is 24.0 Å². The van der Waals surface area contributed by atoms with E-state index < -0.39 is 0 Å². The average Bonchev–Trinajstić information content (AvgIpc) is 2.05. The number of benzene rings is 1. The van der Waals surface area contributed by atoms with Crippen LogP contribution in [0.1, 0.15) is 5.56 Å². The van der Waals surface area contributed by atoms with Gasteiger partial charge in [-0.1, -0.05) is 12.1 Å². The van der Waals surface area contributed by atoms with Crippen molar-refractivity contribution in [3.05, 3.63) is 29.8 Å². The Labute approximate surface area is 88.3 Å². The van der Waals surface area contributed by atoms with Crippen molar-refractivity contribution < 1.29 is 4.79 Å². The largest absolute Gasteiger partial charge is 0.369 e. The lowest BCUT2D eigenvalue weighted by atomic mass is 10.1. The molecule has 0 spiro atoms. The molecule has 0 atom stereocenters. The second-order valence-corrected chi connectivity index (χ2v) is 3.37. The Morgan fingerprint density at radius 2 is 1.92 bits per heavy atom. The zero-order valence-corrected chi connectivity index (χ0v) is 8.95. The number of halogens is 1. The van der Waals surface area contributed by atoms with Crippen LogP contribution in [-0.4, -0.2) is 12.2 Å². The van der Waals surface area contributed by atoms with Crippen LogP contribution in [0.25, 0.3) is 0 Å². The van der Waals surface area contributed by atoms with Crippen LogP contribution < -0.4 is 5.73 Å². The normalized spacial score (nSPS) is 9.00. The summed E-state index contributed by atoms with van der Waals surface area (Å²) < 4.78 is 0. The molecule has 72 valence electrons. The molecule has 2 nitrogen and oxygen atoms in total. The Morgan fingerprint density at radius 1 is 1.38 bits per heavy atom. The molecule has 1 aromatic carbocycles. The van der Waals surface area contributed by atoms with Crippen LogP contribution in [0.2, 0.25) is 0 Å². The van der Waals surface area contributed by atoms with E-state index in [2.05, 4.69) is 0 Å². The van der Waals surface area contributed by atoms with E-state index in [1.807, 2.05) is 30.5 Å². The number of primary amides is 1. The van der Waals surface area contributed by atoms with Crippen LogP contribution in [-0.2, 0) is 11.2 Å². The van der Waals surface area contributed by atoms with Gasteiger partial charge in [0, 0.05) is 4.90 Å². The van der Waals surface area contributed by atoms with Crippen molar-refractivity contribution in [2.24, 2.45) is 5.73 Å². The van der Waals surface area contributed by atoms with Crippen LogP contribution in [0.3, 0.4) is 0 Å². The van der Waals surface area contributed by atoms with Gasteiger partial charge in [0.25, 0.3) is 0 Å². The van der Waals surface area contributed by atoms with Gasteiger partial charge in [0.2, 0.25) is 5.91 Å². The van der Waals surface area contributed by atoms with E-state index in [9.17, 15) is 4.79 Å². The Bertz CT molecular complexity index is 273. The Hall–Kier alpha value is -0.670. The summed E-state index contributed by atoms with van der Waals surface area (Å²) in [5, 5.41) is 0. The molecule has 1 amide bonds. The smallest absolute Gasteiger partial charge is 0.221 e. The van der Waals surface area contributed by atoms with Crippen molar-refractivity contribution in [2.45, 2.75) is 11.3 Å². The first-order valence-electron chi connectivity index (χ1n) is 3.63. The summed E-state index contributed by atoms with van der Waals surface area (Å²) in [6.07, 6.45) is 2.34. The zero-order valence-electron chi connectivity index (χ0n) is 7.32. The van der Waals surface area contributed by atoms with E-state index in [4.69, 9.17) is 5.73 Å². The minimum atomic E-state index is -0.285. The first-order valence-corrected chi connectivity index (χ1v) is 4.86. The molecule has 2 N–H and O–H groups in total. The molecule has 1 rings (SSSR count). The van der Waals surface area contributed by atoms with E-state index in [-0.39, 0.29) is 18.3 Å². The van der Waals surface area contributed by atoms with Gasteiger partial charge in [-0.25, -0.2) is 0 Å². The van der Waals surface area contributed by atoms with Crippen molar-refractivity contribution in [1.82, 2.24) is 0 Å². The van der Waals surface area contributed by atoms with Gasteiger partial charge in [0.05, 0.1) is 6.42 Å². The van der Waals surface area contributed by atoms with Gasteiger partial charge in [0.15, 0.2) is 0 Å². The van der Waals surface area contributed by atoms with E-state index >= 15 is 0 Å². The average molecular weight is 218 g/mol. The minimum Gasteiger partial charge on any atom is -0.369 e. The lowest BCUT2D eigenvalue weighted by molar-refractivity contribution is -0.117. The van der Waals surface area contributed by atoms with Crippen LogP contribution in [0, 0.1) is 0 Å². The van der Waals surface area contributed by atoms with Crippen molar-refractivity contribution >= 4 is 30.1 Å². The molecule has 4 heteroatoms. The molecule has 0 aliphatic rings. The second kappa shape index (κ2) is 5.89. The Morgan fingerprint density at radius 3 is 2.31 bits per heavy atom. The van der Waals surface area contributed by atoms with Gasteiger partial charge < -0.3 is 5.73 Å². The van der Waals surface area contributed by atoms with Crippen LogP contribution >= 0.6 is 24.2 Å². The van der Waals surface area contributed by atoms with Crippen molar-refractivity contribution in [2.75, 3.05) is 6.26 Å². The highest BCUT2D eigenvalue weighted by Gasteiger charge is 1.97. The summed E-state index contributed by atoms with van der Waals surface area (Å²) in [6.45, 7) is 0. The quantitative estimate of drug-likeness (QED) is 0.786. The lowest BCUT2D eigenvalue weighted by Gasteiger charge is -1.98. The monoisotopic (exact) mass is 217 g/mol. The number of nitrogens with two attached hydrogens (primary N) is 1. The maximum absolute atomic E-state index is 10.5. The topological polar surface area (TPSA) is 43.1 Å². The molecule has 1 aromatic rings. The molecular weight excluding hydrogens is 206 g/mol. The van der Waals surface area contributed by atoms with Gasteiger partial charge in [-0.2, -0.15) is 0 Å². The number of carbonyl (C=O) groups is 1. The fraction of sp³-hybridized carbons (Fsp3) is 0.222. The van der Waals surface area contributed by atoms with Crippen LogP contribution in [0.5, 0.6) is 0 Å². The first kappa shape index (κ1) is 12.3. The van der Waals surface area contributed by atoms with E-state index in [0.717, 1.165) is 5.56 Å². The fourth-order valence-corrected chi connectivity index (χ4v) is 1.35. The third-order valence-corrected chi connectivity index (χ3v) is 2.28. The predicted octanol–water partition coefficient (Wildman–Crippen LogP) is 1.86. The number of carbonyl (C=O) groups excluding carboxylic acids is 1. The van der Waals surface area contributed by atoms with Crippen molar-refractivity contribution in [3.63, 3.8) is 0 Å². The third kappa shape index (κ3) is 4.20. The molecule has 0 saturated carbocycles. The first-order chi connectivity index (χ1) is 5.72. The standard InChI is InChI=1S/C9H11NOS.ClH/c1-12-8-4-2-7(3-5-8)6-9(10)11;/h2-5H,6H2,1H3,(H2,10,11);1H. The summed E-state index contributed by atoms with van der Waals surface area (Å²) in [6, 6.07) is 7.83. The van der Waals surface area contributed by atoms with Gasteiger partial charge >= 0.3 is 0 Å². The van der Waals surface area contributed by atoms with Crippen LogP contribution in [0.15, 0.2) is 29.2 Å². The fourth-order valence-electron chi connectivity index (χ4n) is 0.945. The summed E-state index contributed by atoms with van der Waals surface area (Å²) >= 11 is 1.68. The molecule has 0 saturated heterocycles. The van der Waals surface area contributed by atoms with E-state index in [1.54, 1.807) is 11.8 Å². The lowest BCUT2D eigenvalue weighted by Crippen LogP contribution is -2.13. The molecule has 0 aliphatic carbocycles. The molecule has 0 unspecified atom stereocenters. The second-order valence-electron chi connectivity index (χ2n) is 2.49. The highest BCUT2D eigenvalue weighted by Crippen LogP contribution is 2.14. The summed E-state index contributed by atoms with van der Waals surface area (Å²) in [5.41, 5.74) is 6.02. The highest BCUT2D eigenvalue weighted by atomic mass is 35.5. The number of thioether (sulfide) groups is 1. The van der Waals surface area contributed by atoms with Gasteiger partial charge in [-0.3, -0.25) is 4.79 Å². The number of hydrogen-bond acceptors (Lipinski definition) is 2. The molecule has 0 aliphatic heterocycles. The molecule has 0 fully saturated rings. The van der Waals surface area contributed by atoms with Gasteiger partial charge in [-0.15, -0.1) is 24.2 Å². The minimum absolute atomic E-state index is 0. The van der Waals surface area contributed by atoms with E-state index in [1.165, 1.54) is 4.90 Å². The summed E-state index contributed by atoms with van der Waals surface area (Å²) in [4.78, 5) is 11.7. The molecule has 0 aromatic heterocycles. The zero-order chi connectivity index (χ0) is 8.97. The highest BCUT2D eigenvalue weighted by molar-refractivity contribution is 7.98. The molecule has 13 heavy (non-hydrogen) atoms. The molecule has 0 heterocycles. The maximum Gasteiger partial charge on any atom is 0.221 e. The number of rotatable bonds is 3.